The van der Waals surface area contributed by atoms with E-state index in [0.29, 0.717) is 0 Å². The highest BCUT2D eigenvalue weighted by atomic mass is 127. The van der Waals surface area contributed by atoms with Gasteiger partial charge in [0.05, 0.1) is 11.6 Å². The summed E-state index contributed by atoms with van der Waals surface area (Å²) in [5, 5.41) is 3.08. The molecule has 2 aromatic carbocycles. The van der Waals surface area contributed by atoms with Gasteiger partial charge in [-0.25, -0.2) is 0 Å². The minimum atomic E-state index is -0.0246. The van der Waals surface area contributed by atoms with E-state index in [1.807, 2.05) is 31.2 Å². The molecular weight excluding hydrogens is 361 g/mol. The van der Waals surface area contributed by atoms with Crippen molar-refractivity contribution in [2.24, 2.45) is 0 Å². The molecule has 0 radical (unpaired) electrons. The Balaban J connectivity index is 2.19. The van der Waals surface area contributed by atoms with Crippen molar-refractivity contribution in [3.8, 4) is 0 Å². The first kappa shape index (κ1) is 15.0. The number of aryl methyl sites for hydroxylation is 2. The smallest absolute Gasteiger partial charge is 0.252 e. The summed E-state index contributed by atoms with van der Waals surface area (Å²) in [4.78, 5) is 12.3. The van der Waals surface area contributed by atoms with Gasteiger partial charge in [-0.15, -0.1) is 0 Å². The van der Waals surface area contributed by atoms with Gasteiger partial charge in [0, 0.05) is 3.57 Å². The highest BCUT2D eigenvalue weighted by molar-refractivity contribution is 14.1. The van der Waals surface area contributed by atoms with Crippen molar-refractivity contribution in [1.29, 1.82) is 0 Å². The van der Waals surface area contributed by atoms with Gasteiger partial charge in [-0.05, 0) is 66.6 Å². The standard InChI is InChI=1S/C17H18INO/c1-11-8-9-12(2)15(10-11)13(3)19-17(20)14-6-4-5-7-16(14)18/h4-10,13H,1-3H3,(H,19,20)/t13-/m0/s1. The topological polar surface area (TPSA) is 29.1 Å². The molecule has 2 aromatic rings. The van der Waals surface area contributed by atoms with E-state index >= 15 is 0 Å². The average Bonchev–Trinajstić information content (AvgIpc) is 2.41. The van der Waals surface area contributed by atoms with Gasteiger partial charge < -0.3 is 5.32 Å². The first-order valence-electron chi connectivity index (χ1n) is 6.61. The molecule has 0 aromatic heterocycles. The highest BCUT2D eigenvalue weighted by Gasteiger charge is 2.14. The number of benzene rings is 2. The fourth-order valence-corrected chi connectivity index (χ4v) is 2.86. The van der Waals surface area contributed by atoms with Crippen LogP contribution in [0.3, 0.4) is 0 Å². The molecule has 0 bridgehead atoms. The summed E-state index contributed by atoms with van der Waals surface area (Å²) < 4.78 is 0.968. The number of rotatable bonds is 3. The van der Waals surface area contributed by atoms with Crippen molar-refractivity contribution in [2.45, 2.75) is 26.8 Å². The molecule has 3 heteroatoms. The Morgan fingerprint density at radius 1 is 1.15 bits per heavy atom. The summed E-state index contributed by atoms with van der Waals surface area (Å²) >= 11 is 2.19. The number of hydrogen-bond acceptors (Lipinski definition) is 1. The van der Waals surface area contributed by atoms with E-state index in [1.165, 1.54) is 16.7 Å². The average molecular weight is 379 g/mol. The van der Waals surface area contributed by atoms with Gasteiger partial charge in [0.25, 0.3) is 5.91 Å². The van der Waals surface area contributed by atoms with Crippen LogP contribution in [-0.4, -0.2) is 5.91 Å². The molecule has 1 amide bonds. The molecule has 0 unspecified atom stereocenters. The lowest BCUT2D eigenvalue weighted by Gasteiger charge is -2.18. The van der Waals surface area contributed by atoms with Crippen molar-refractivity contribution in [3.05, 3.63) is 68.3 Å². The molecule has 0 saturated carbocycles. The largest absolute Gasteiger partial charge is 0.345 e. The van der Waals surface area contributed by atoms with Crippen molar-refractivity contribution >= 4 is 28.5 Å². The van der Waals surface area contributed by atoms with Gasteiger partial charge in [0.15, 0.2) is 0 Å². The summed E-state index contributed by atoms with van der Waals surface area (Å²) in [6.07, 6.45) is 0. The SMILES string of the molecule is Cc1ccc(C)c([C@H](C)NC(=O)c2ccccc2I)c1. The van der Waals surface area contributed by atoms with E-state index in [0.717, 1.165) is 9.13 Å². The van der Waals surface area contributed by atoms with E-state index < -0.39 is 0 Å². The quantitative estimate of drug-likeness (QED) is 0.787. The molecule has 2 rings (SSSR count). The van der Waals surface area contributed by atoms with Crippen LogP contribution in [0.25, 0.3) is 0 Å². The van der Waals surface area contributed by atoms with Gasteiger partial charge in [-0.3, -0.25) is 4.79 Å². The second-order valence-corrected chi connectivity index (χ2v) is 6.20. The molecule has 0 fully saturated rings. The fourth-order valence-electron chi connectivity index (χ4n) is 2.22. The molecule has 20 heavy (non-hydrogen) atoms. The molecule has 1 N–H and O–H groups in total. The van der Waals surface area contributed by atoms with Crippen LogP contribution in [0, 0.1) is 17.4 Å². The Morgan fingerprint density at radius 3 is 2.55 bits per heavy atom. The minimum absolute atomic E-state index is 0.00148. The third-order valence-electron chi connectivity index (χ3n) is 3.37. The predicted octanol–water partition coefficient (Wildman–Crippen LogP) is 4.40. The second kappa shape index (κ2) is 6.39. The third kappa shape index (κ3) is 3.39. The molecule has 0 saturated heterocycles. The number of carbonyl (C=O) groups excluding carboxylic acids is 1. The maximum Gasteiger partial charge on any atom is 0.252 e. The van der Waals surface area contributed by atoms with Crippen LogP contribution in [0.2, 0.25) is 0 Å². The number of nitrogens with one attached hydrogen (secondary N) is 1. The first-order valence-corrected chi connectivity index (χ1v) is 7.69. The van der Waals surface area contributed by atoms with E-state index in [-0.39, 0.29) is 11.9 Å². The van der Waals surface area contributed by atoms with Crippen molar-refractivity contribution in [2.75, 3.05) is 0 Å². The van der Waals surface area contributed by atoms with E-state index in [4.69, 9.17) is 0 Å². The number of hydrogen-bond donors (Lipinski definition) is 1. The Kier molecular flexibility index (Phi) is 4.81. The van der Waals surface area contributed by atoms with Crippen LogP contribution >= 0.6 is 22.6 Å². The summed E-state index contributed by atoms with van der Waals surface area (Å²) in [5.41, 5.74) is 4.31. The molecular formula is C17H18INO. The van der Waals surface area contributed by atoms with E-state index in [2.05, 4.69) is 60.0 Å². The highest BCUT2D eigenvalue weighted by Crippen LogP contribution is 2.20. The zero-order valence-corrected chi connectivity index (χ0v) is 14.1. The zero-order chi connectivity index (χ0) is 14.7. The first-order chi connectivity index (χ1) is 9.49. The van der Waals surface area contributed by atoms with Crippen LogP contribution in [-0.2, 0) is 0 Å². The number of carbonyl (C=O) groups is 1. The van der Waals surface area contributed by atoms with E-state index in [9.17, 15) is 4.79 Å². The van der Waals surface area contributed by atoms with E-state index in [1.54, 1.807) is 0 Å². The van der Waals surface area contributed by atoms with Crippen molar-refractivity contribution < 1.29 is 4.79 Å². The summed E-state index contributed by atoms with van der Waals surface area (Å²) in [5.74, 6) is -0.0246. The molecule has 2 nitrogen and oxygen atoms in total. The number of amides is 1. The van der Waals surface area contributed by atoms with Crippen molar-refractivity contribution in [3.63, 3.8) is 0 Å². The van der Waals surface area contributed by atoms with Crippen LogP contribution in [0.1, 0.15) is 40.0 Å². The van der Waals surface area contributed by atoms with Crippen LogP contribution in [0.5, 0.6) is 0 Å². The molecule has 0 aliphatic carbocycles. The van der Waals surface area contributed by atoms with Gasteiger partial charge in [-0.1, -0.05) is 35.9 Å². The fraction of sp³-hybridized carbons (Fsp3) is 0.235. The lowest BCUT2D eigenvalue weighted by Crippen LogP contribution is -2.27. The second-order valence-electron chi connectivity index (χ2n) is 5.04. The molecule has 0 aliphatic heterocycles. The third-order valence-corrected chi connectivity index (χ3v) is 4.31. The van der Waals surface area contributed by atoms with Crippen LogP contribution in [0.4, 0.5) is 0 Å². The molecule has 0 aliphatic rings. The summed E-state index contributed by atoms with van der Waals surface area (Å²) in [7, 11) is 0. The summed E-state index contributed by atoms with van der Waals surface area (Å²) in [6.45, 7) is 6.16. The normalized spacial score (nSPS) is 12.0. The van der Waals surface area contributed by atoms with Crippen LogP contribution in [0.15, 0.2) is 42.5 Å². The lowest BCUT2D eigenvalue weighted by molar-refractivity contribution is 0.0939. The lowest BCUT2D eigenvalue weighted by atomic mass is 10.00. The monoisotopic (exact) mass is 379 g/mol. The predicted molar refractivity (Wildman–Crippen MR) is 91.0 cm³/mol. The summed E-state index contributed by atoms with van der Waals surface area (Å²) in [6, 6.07) is 13.9. The Bertz CT molecular complexity index is 637. The molecule has 0 heterocycles. The van der Waals surface area contributed by atoms with Gasteiger partial charge in [0.2, 0.25) is 0 Å². The Morgan fingerprint density at radius 2 is 1.85 bits per heavy atom. The van der Waals surface area contributed by atoms with Gasteiger partial charge >= 0.3 is 0 Å². The molecule has 104 valence electrons. The van der Waals surface area contributed by atoms with Crippen LogP contribution < -0.4 is 5.32 Å². The Hall–Kier alpha value is -1.36. The van der Waals surface area contributed by atoms with Gasteiger partial charge in [-0.2, -0.15) is 0 Å². The number of halogens is 1. The minimum Gasteiger partial charge on any atom is -0.345 e. The van der Waals surface area contributed by atoms with Gasteiger partial charge in [0.1, 0.15) is 0 Å². The maximum absolute atomic E-state index is 12.3. The molecule has 1 atom stereocenters. The molecule has 0 spiro atoms. The van der Waals surface area contributed by atoms with Crippen molar-refractivity contribution in [1.82, 2.24) is 5.32 Å². The Labute approximate surface area is 133 Å². The maximum atomic E-state index is 12.3. The zero-order valence-electron chi connectivity index (χ0n) is 11.9.